The molecule has 5 heteroatoms. The van der Waals surface area contributed by atoms with Gasteiger partial charge >= 0.3 is 0 Å². The molecule has 4 nitrogen and oxygen atoms in total. The molecular formula is C20H22FN3O. The third-order valence-electron chi connectivity index (χ3n) is 4.55. The van der Waals surface area contributed by atoms with Crippen molar-refractivity contribution < 1.29 is 9.18 Å². The Morgan fingerprint density at radius 1 is 1.20 bits per heavy atom. The number of benzene rings is 2. The van der Waals surface area contributed by atoms with Gasteiger partial charge in [0.2, 0.25) is 5.91 Å². The maximum absolute atomic E-state index is 13.8. The van der Waals surface area contributed by atoms with Gasteiger partial charge in [0.15, 0.2) is 0 Å². The van der Waals surface area contributed by atoms with Crippen LogP contribution in [0.4, 0.5) is 4.39 Å². The van der Waals surface area contributed by atoms with Gasteiger partial charge in [0, 0.05) is 23.1 Å². The number of carbonyl (C=O) groups excluding carboxylic acids is 1. The van der Waals surface area contributed by atoms with Crippen LogP contribution in [0.25, 0.3) is 10.9 Å². The standard InChI is InChI=1S/C20H22FN3O/c1-2-18-17(13-20(25)23-22)16-12-15(21)8-9-19(16)24(18)11-10-14-6-4-3-5-7-14/h3-9,12H,2,10-11,13,22H2,1H3,(H,23,25). The summed E-state index contributed by atoms with van der Waals surface area (Å²) >= 11 is 0. The summed E-state index contributed by atoms with van der Waals surface area (Å²) in [5.41, 5.74) is 6.28. The van der Waals surface area contributed by atoms with Gasteiger partial charge in [-0.3, -0.25) is 10.2 Å². The van der Waals surface area contributed by atoms with Gasteiger partial charge in [-0.1, -0.05) is 37.3 Å². The molecule has 0 spiro atoms. The Kier molecular flexibility index (Phi) is 5.14. The normalized spacial score (nSPS) is 11.0. The van der Waals surface area contributed by atoms with Crippen molar-refractivity contribution in [2.24, 2.45) is 5.84 Å². The van der Waals surface area contributed by atoms with E-state index >= 15 is 0 Å². The van der Waals surface area contributed by atoms with Crippen LogP contribution in [0.2, 0.25) is 0 Å². The average molecular weight is 339 g/mol. The van der Waals surface area contributed by atoms with Gasteiger partial charge in [0.05, 0.1) is 6.42 Å². The zero-order chi connectivity index (χ0) is 17.8. The van der Waals surface area contributed by atoms with E-state index in [1.807, 2.05) is 25.1 Å². The quantitative estimate of drug-likeness (QED) is 0.412. The van der Waals surface area contributed by atoms with E-state index in [4.69, 9.17) is 5.84 Å². The summed E-state index contributed by atoms with van der Waals surface area (Å²) in [6.45, 7) is 2.83. The number of rotatable bonds is 6. The number of halogens is 1. The maximum Gasteiger partial charge on any atom is 0.238 e. The van der Waals surface area contributed by atoms with Crippen molar-refractivity contribution in [3.05, 3.63) is 71.2 Å². The Hall–Kier alpha value is -2.66. The Labute approximate surface area is 146 Å². The fourth-order valence-corrected chi connectivity index (χ4v) is 3.40. The number of hydrogen-bond donors (Lipinski definition) is 2. The van der Waals surface area contributed by atoms with E-state index in [1.165, 1.54) is 17.7 Å². The summed E-state index contributed by atoms with van der Waals surface area (Å²) in [4.78, 5) is 11.8. The zero-order valence-corrected chi connectivity index (χ0v) is 14.3. The van der Waals surface area contributed by atoms with Gasteiger partial charge in [0.25, 0.3) is 0 Å². The number of aryl methyl sites for hydroxylation is 2. The second-order valence-corrected chi connectivity index (χ2v) is 6.07. The molecule has 1 amide bonds. The van der Waals surface area contributed by atoms with Crippen LogP contribution in [-0.2, 0) is 30.6 Å². The lowest BCUT2D eigenvalue weighted by atomic mass is 10.1. The lowest BCUT2D eigenvalue weighted by molar-refractivity contribution is -0.120. The molecule has 25 heavy (non-hydrogen) atoms. The van der Waals surface area contributed by atoms with Crippen molar-refractivity contribution in [2.45, 2.75) is 32.7 Å². The SMILES string of the molecule is CCc1c(CC(=O)NN)c2cc(F)ccc2n1CCc1ccccc1. The smallest absolute Gasteiger partial charge is 0.238 e. The topological polar surface area (TPSA) is 60.1 Å². The average Bonchev–Trinajstić information content (AvgIpc) is 2.92. The van der Waals surface area contributed by atoms with Crippen molar-refractivity contribution in [3.63, 3.8) is 0 Å². The molecule has 0 bridgehead atoms. The number of amides is 1. The Bertz CT molecular complexity index is 887. The number of hydrogen-bond acceptors (Lipinski definition) is 2. The second-order valence-electron chi connectivity index (χ2n) is 6.07. The van der Waals surface area contributed by atoms with Crippen LogP contribution in [0.15, 0.2) is 48.5 Å². The fraction of sp³-hybridized carbons (Fsp3) is 0.250. The molecule has 0 fully saturated rings. The molecule has 0 aliphatic carbocycles. The highest BCUT2D eigenvalue weighted by Gasteiger charge is 2.18. The highest BCUT2D eigenvalue weighted by atomic mass is 19.1. The molecule has 1 heterocycles. The predicted octanol–water partition coefficient (Wildman–Crippen LogP) is 3.12. The molecule has 1 aromatic heterocycles. The third kappa shape index (κ3) is 3.56. The predicted molar refractivity (Wildman–Crippen MR) is 97.5 cm³/mol. The molecular weight excluding hydrogens is 317 g/mol. The van der Waals surface area contributed by atoms with E-state index in [1.54, 1.807) is 6.07 Å². The van der Waals surface area contributed by atoms with Crippen LogP contribution in [0, 0.1) is 5.82 Å². The lowest BCUT2D eigenvalue weighted by Crippen LogP contribution is -2.31. The van der Waals surface area contributed by atoms with E-state index in [2.05, 4.69) is 22.1 Å². The van der Waals surface area contributed by atoms with Gasteiger partial charge in [-0.2, -0.15) is 0 Å². The Morgan fingerprint density at radius 2 is 1.96 bits per heavy atom. The first kappa shape index (κ1) is 17.2. The Balaban J connectivity index is 2.05. The first-order valence-electron chi connectivity index (χ1n) is 8.47. The number of carbonyl (C=O) groups is 1. The molecule has 0 aliphatic heterocycles. The first-order valence-corrected chi connectivity index (χ1v) is 8.47. The second kappa shape index (κ2) is 7.49. The molecule has 130 valence electrons. The highest BCUT2D eigenvalue weighted by molar-refractivity contribution is 5.90. The van der Waals surface area contributed by atoms with E-state index in [9.17, 15) is 9.18 Å². The van der Waals surface area contributed by atoms with Gasteiger partial charge in [-0.15, -0.1) is 0 Å². The summed E-state index contributed by atoms with van der Waals surface area (Å²) < 4.78 is 16.0. The molecule has 0 unspecified atom stereocenters. The van der Waals surface area contributed by atoms with E-state index in [-0.39, 0.29) is 18.1 Å². The first-order chi connectivity index (χ1) is 12.1. The lowest BCUT2D eigenvalue weighted by Gasteiger charge is -2.11. The monoisotopic (exact) mass is 339 g/mol. The zero-order valence-electron chi connectivity index (χ0n) is 14.3. The van der Waals surface area contributed by atoms with Crippen LogP contribution in [0.5, 0.6) is 0 Å². The minimum absolute atomic E-state index is 0.151. The van der Waals surface area contributed by atoms with Gasteiger partial charge < -0.3 is 4.57 Å². The van der Waals surface area contributed by atoms with Crippen molar-refractivity contribution in [1.82, 2.24) is 9.99 Å². The minimum Gasteiger partial charge on any atom is -0.344 e. The molecule has 2 aromatic carbocycles. The third-order valence-corrected chi connectivity index (χ3v) is 4.55. The van der Waals surface area contributed by atoms with Crippen LogP contribution < -0.4 is 11.3 Å². The largest absolute Gasteiger partial charge is 0.344 e. The number of fused-ring (bicyclic) bond motifs is 1. The summed E-state index contributed by atoms with van der Waals surface area (Å²) in [7, 11) is 0. The molecule has 0 atom stereocenters. The highest BCUT2D eigenvalue weighted by Crippen LogP contribution is 2.28. The molecule has 0 aliphatic rings. The molecule has 0 saturated carbocycles. The van der Waals surface area contributed by atoms with E-state index < -0.39 is 0 Å². The summed E-state index contributed by atoms with van der Waals surface area (Å²) in [5, 5.41) is 0.786. The number of nitrogens with one attached hydrogen (secondary N) is 1. The van der Waals surface area contributed by atoms with Crippen molar-refractivity contribution >= 4 is 16.8 Å². The minimum atomic E-state index is -0.301. The molecule has 3 rings (SSSR count). The van der Waals surface area contributed by atoms with Gasteiger partial charge in [0.1, 0.15) is 5.82 Å². The summed E-state index contributed by atoms with van der Waals surface area (Å²) in [5.74, 6) is 4.67. The maximum atomic E-state index is 13.8. The van der Waals surface area contributed by atoms with Crippen molar-refractivity contribution in [1.29, 1.82) is 0 Å². The summed E-state index contributed by atoms with van der Waals surface area (Å²) in [6.07, 6.45) is 1.79. The molecule has 3 aromatic rings. The fourth-order valence-electron chi connectivity index (χ4n) is 3.40. The van der Waals surface area contributed by atoms with Gasteiger partial charge in [-0.05, 0) is 42.2 Å². The van der Waals surface area contributed by atoms with Crippen LogP contribution in [-0.4, -0.2) is 10.5 Å². The Morgan fingerprint density at radius 3 is 2.64 bits per heavy atom. The molecule has 0 radical (unpaired) electrons. The van der Waals surface area contributed by atoms with Gasteiger partial charge in [-0.25, -0.2) is 10.2 Å². The summed E-state index contributed by atoms with van der Waals surface area (Å²) in [6, 6.07) is 15.0. The van der Waals surface area contributed by atoms with Crippen molar-refractivity contribution in [2.75, 3.05) is 0 Å². The number of aromatic nitrogens is 1. The number of nitrogens with two attached hydrogens (primary N) is 1. The van der Waals surface area contributed by atoms with Crippen LogP contribution >= 0.6 is 0 Å². The van der Waals surface area contributed by atoms with E-state index in [0.29, 0.717) is 0 Å². The van der Waals surface area contributed by atoms with Crippen LogP contribution in [0.1, 0.15) is 23.7 Å². The van der Waals surface area contributed by atoms with Crippen LogP contribution in [0.3, 0.4) is 0 Å². The molecule has 3 N–H and O–H groups in total. The molecule has 0 saturated heterocycles. The number of nitrogens with zero attached hydrogens (tertiary/aromatic N) is 1. The van der Waals surface area contributed by atoms with E-state index in [0.717, 1.165) is 41.5 Å². The number of hydrazine groups is 1. The van der Waals surface area contributed by atoms with Crippen molar-refractivity contribution in [3.8, 4) is 0 Å².